The molecule has 0 aliphatic carbocycles. The van der Waals surface area contributed by atoms with Crippen LogP contribution in [0, 0.1) is 0 Å². The first-order chi connectivity index (χ1) is 14.1. The molecule has 29 heavy (non-hydrogen) atoms. The Morgan fingerprint density at radius 1 is 1.14 bits per heavy atom. The fourth-order valence-electron chi connectivity index (χ4n) is 2.54. The largest absolute Gasteiger partial charge is 0.493 e. The predicted octanol–water partition coefficient (Wildman–Crippen LogP) is 5.45. The van der Waals surface area contributed by atoms with Crippen molar-refractivity contribution in [1.29, 1.82) is 0 Å². The zero-order chi connectivity index (χ0) is 20.6. The molecule has 1 amide bonds. The highest BCUT2D eigenvalue weighted by Gasteiger charge is 2.10. The quantitative estimate of drug-likeness (QED) is 0.366. The molecule has 0 saturated carbocycles. The van der Waals surface area contributed by atoms with Crippen LogP contribution in [0.3, 0.4) is 0 Å². The van der Waals surface area contributed by atoms with Crippen molar-refractivity contribution in [3.63, 3.8) is 0 Å². The summed E-state index contributed by atoms with van der Waals surface area (Å²) in [4.78, 5) is 12.2. The van der Waals surface area contributed by atoms with Gasteiger partial charge in [0.15, 0.2) is 11.5 Å². The van der Waals surface area contributed by atoms with E-state index in [0.717, 1.165) is 10.0 Å². The van der Waals surface area contributed by atoms with Crippen LogP contribution in [0.15, 0.2) is 76.3 Å². The van der Waals surface area contributed by atoms with Gasteiger partial charge in [-0.3, -0.25) is 4.79 Å². The molecule has 0 atom stereocenters. The van der Waals surface area contributed by atoms with E-state index in [4.69, 9.17) is 21.1 Å². The molecule has 7 heteroatoms. The first kappa shape index (κ1) is 20.9. The third-order valence-corrected chi connectivity index (χ3v) is 4.75. The molecule has 3 aromatic carbocycles. The average Bonchev–Trinajstić information content (AvgIpc) is 2.73. The molecule has 5 nitrogen and oxygen atoms in total. The summed E-state index contributed by atoms with van der Waals surface area (Å²) >= 11 is 9.33. The van der Waals surface area contributed by atoms with Crippen LogP contribution in [0.25, 0.3) is 0 Å². The molecular formula is C22H18BrClN2O3. The van der Waals surface area contributed by atoms with Gasteiger partial charge in [0.25, 0.3) is 5.91 Å². The van der Waals surface area contributed by atoms with E-state index >= 15 is 0 Å². The van der Waals surface area contributed by atoms with Crippen molar-refractivity contribution in [2.75, 3.05) is 7.11 Å². The van der Waals surface area contributed by atoms with E-state index in [-0.39, 0.29) is 5.91 Å². The van der Waals surface area contributed by atoms with Gasteiger partial charge in [-0.05, 0) is 48.0 Å². The number of halogens is 2. The predicted molar refractivity (Wildman–Crippen MR) is 118 cm³/mol. The molecule has 0 aliphatic heterocycles. The first-order valence-corrected chi connectivity index (χ1v) is 9.87. The van der Waals surface area contributed by atoms with E-state index < -0.39 is 0 Å². The Morgan fingerprint density at radius 2 is 1.90 bits per heavy atom. The fourth-order valence-corrected chi connectivity index (χ4v) is 3.00. The summed E-state index contributed by atoms with van der Waals surface area (Å²) in [5, 5.41) is 4.53. The molecule has 1 N–H and O–H groups in total. The number of methoxy groups -OCH3 is 1. The van der Waals surface area contributed by atoms with Crippen molar-refractivity contribution in [2.45, 2.75) is 6.61 Å². The number of nitrogens with zero attached hydrogens (tertiary/aromatic N) is 1. The average molecular weight is 474 g/mol. The summed E-state index contributed by atoms with van der Waals surface area (Å²) in [6, 6.07) is 19.9. The smallest absolute Gasteiger partial charge is 0.271 e. The lowest BCUT2D eigenvalue weighted by Gasteiger charge is -2.13. The molecule has 3 aromatic rings. The van der Waals surface area contributed by atoms with Gasteiger partial charge >= 0.3 is 0 Å². The number of hydrogen-bond acceptors (Lipinski definition) is 4. The van der Waals surface area contributed by atoms with Crippen LogP contribution in [-0.2, 0) is 6.61 Å². The van der Waals surface area contributed by atoms with Gasteiger partial charge < -0.3 is 9.47 Å². The van der Waals surface area contributed by atoms with Gasteiger partial charge in [-0.1, -0.05) is 51.8 Å². The molecule has 0 spiro atoms. The number of para-hydroxylation sites is 1. The number of nitrogens with one attached hydrogen (secondary N) is 1. The topological polar surface area (TPSA) is 59.9 Å². The minimum atomic E-state index is -0.357. The lowest BCUT2D eigenvalue weighted by atomic mass is 10.2. The van der Waals surface area contributed by atoms with E-state index in [1.165, 1.54) is 6.21 Å². The highest BCUT2D eigenvalue weighted by atomic mass is 79.9. The molecule has 0 aromatic heterocycles. The summed E-state index contributed by atoms with van der Waals surface area (Å²) in [6.45, 7) is 0.364. The Hall–Kier alpha value is -2.83. The molecule has 148 valence electrons. The SMILES string of the molecule is COc1cccc(/C=N\NC(=O)c2cccc(Cl)c2)c1OCc1ccc(Br)cc1. The van der Waals surface area contributed by atoms with Crippen molar-refractivity contribution < 1.29 is 14.3 Å². The Morgan fingerprint density at radius 3 is 2.62 bits per heavy atom. The summed E-state index contributed by atoms with van der Waals surface area (Å²) in [5.41, 5.74) is 4.60. The molecule has 0 radical (unpaired) electrons. The lowest BCUT2D eigenvalue weighted by Crippen LogP contribution is -2.17. The van der Waals surface area contributed by atoms with Gasteiger partial charge in [-0.25, -0.2) is 5.43 Å². The molecule has 0 heterocycles. The van der Waals surface area contributed by atoms with Gasteiger partial charge in [-0.2, -0.15) is 5.10 Å². The number of ether oxygens (including phenoxy) is 2. The van der Waals surface area contributed by atoms with E-state index in [2.05, 4.69) is 26.5 Å². The van der Waals surface area contributed by atoms with Crippen molar-refractivity contribution in [1.82, 2.24) is 5.43 Å². The normalized spacial score (nSPS) is 10.7. The molecule has 0 fully saturated rings. The highest BCUT2D eigenvalue weighted by molar-refractivity contribution is 9.10. The Bertz CT molecular complexity index is 1020. The van der Waals surface area contributed by atoms with Crippen LogP contribution >= 0.6 is 27.5 Å². The second-order valence-electron chi connectivity index (χ2n) is 6.00. The molecule has 0 saturated heterocycles. The van der Waals surface area contributed by atoms with E-state index in [1.807, 2.05) is 36.4 Å². The molecule has 3 rings (SSSR count). The summed E-state index contributed by atoms with van der Waals surface area (Å²) in [6.07, 6.45) is 1.52. The van der Waals surface area contributed by atoms with Gasteiger partial charge in [0.2, 0.25) is 0 Å². The van der Waals surface area contributed by atoms with Crippen LogP contribution in [0.1, 0.15) is 21.5 Å². The van der Waals surface area contributed by atoms with Gasteiger partial charge in [0, 0.05) is 20.6 Å². The van der Waals surface area contributed by atoms with Gasteiger partial charge in [0.1, 0.15) is 6.61 Å². The number of benzene rings is 3. The van der Waals surface area contributed by atoms with Crippen LogP contribution < -0.4 is 14.9 Å². The Labute approximate surface area is 182 Å². The van der Waals surface area contributed by atoms with E-state index in [0.29, 0.717) is 34.3 Å². The zero-order valence-electron chi connectivity index (χ0n) is 15.6. The van der Waals surface area contributed by atoms with Crippen LogP contribution in [0.4, 0.5) is 0 Å². The van der Waals surface area contributed by atoms with Gasteiger partial charge in [0.05, 0.1) is 13.3 Å². The number of rotatable bonds is 7. The Kier molecular flexibility index (Phi) is 7.27. The maximum atomic E-state index is 12.2. The van der Waals surface area contributed by atoms with Crippen LogP contribution in [-0.4, -0.2) is 19.2 Å². The molecule has 0 bridgehead atoms. The second kappa shape index (κ2) is 10.1. The third kappa shape index (κ3) is 5.82. The van der Waals surface area contributed by atoms with Crippen molar-refractivity contribution in [3.05, 3.63) is 92.9 Å². The summed E-state index contributed by atoms with van der Waals surface area (Å²) < 4.78 is 12.4. The van der Waals surface area contributed by atoms with Crippen LogP contribution in [0.2, 0.25) is 5.02 Å². The maximum Gasteiger partial charge on any atom is 0.271 e. The zero-order valence-corrected chi connectivity index (χ0v) is 17.9. The van der Waals surface area contributed by atoms with Crippen molar-refractivity contribution in [2.24, 2.45) is 5.10 Å². The molecular weight excluding hydrogens is 456 g/mol. The maximum absolute atomic E-state index is 12.2. The number of carbonyl (C=O) groups excluding carboxylic acids is 1. The monoisotopic (exact) mass is 472 g/mol. The minimum Gasteiger partial charge on any atom is -0.493 e. The third-order valence-electron chi connectivity index (χ3n) is 3.98. The molecule has 0 unspecified atom stereocenters. The van der Waals surface area contributed by atoms with Crippen molar-refractivity contribution in [3.8, 4) is 11.5 Å². The number of carbonyl (C=O) groups is 1. The highest BCUT2D eigenvalue weighted by Crippen LogP contribution is 2.31. The number of amides is 1. The van der Waals surface area contributed by atoms with Crippen molar-refractivity contribution >= 4 is 39.7 Å². The van der Waals surface area contributed by atoms with Gasteiger partial charge in [-0.15, -0.1) is 0 Å². The molecule has 0 aliphatic rings. The lowest BCUT2D eigenvalue weighted by molar-refractivity contribution is 0.0955. The fraction of sp³-hybridized carbons (Fsp3) is 0.0909. The summed E-state index contributed by atoms with van der Waals surface area (Å²) in [5.74, 6) is 0.759. The number of hydrazone groups is 1. The standard InChI is InChI=1S/C22H18BrClN2O3/c1-28-20-7-3-5-17(21(20)29-14-15-8-10-18(23)11-9-15)13-25-26-22(27)16-4-2-6-19(24)12-16/h2-13H,14H2,1H3,(H,26,27)/b25-13-. The summed E-state index contributed by atoms with van der Waals surface area (Å²) in [7, 11) is 1.57. The Balaban J connectivity index is 1.73. The van der Waals surface area contributed by atoms with E-state index in [1.54, 1.807) is 37.4 Å². The number of hydrogen-bond donors (Lipinski definition) is 1. The van der Waals surface area contributed by atoms with E-state index in [9.17, 15) is 4.79 Å². The van der Waals surface area contributed by atoms with Crippen LogP contribution in [0.5, 0.6) is 11.5 Å². The first-order valence-electron chi connectivity index (χ1n) is 8.70. The minimum absolute atomic E-state index is 0.357. The second-order valence-corrected chi connectivity index (χ2v) is 7.36.